The van der Waals surface area contributed by atoms with E-state index in [2.05, 4.69) is 15.4 Å². The molecular formula is C26H21FN4O3. The van der Waals surface area contributed by atoms with Gasteiger partial charge in [0.2, 0.25) is 5.95 Å². The second-order valence-electron chi connectivity index (χ2n) is 8.05. The lowest BCUT2D eigenvalue weighted by Crippen LogP contribution is -2.32. The number of fused-ring (bicyclic) bond motifs is 3. The Morgan fingerprint density at radius 1 is 0.941 bits per heavy atom. The molecule has 1 aromatic heterocycles. The van der Waals surface area contributed by atoms with E-state index < -0.39 is 6.10 Å². The first kappa shape index (κ1) is 20.3. The Bertz CT molecular complexity index is 1430. The number of aromatic nitrogens is 3. The number of methoxy groups -OCH3 is 2. The first-order valence-corrected chi connectivity index (χ1v) is 10.8. The molecule has 7 nitrogen and oxygen atoms in total. The van der Waals surface area contributed by atoms with Gasteiger partial charge in [0.1, 0.15) is 30.0 Å². The number of halogens is 1. The fourth-order valence-electron chi connectivity index (χ4n) is 4.71. The highest BCUT2D eigenvalue weighted by Crippen LogP contribution is 2.51. The van der Waals surface area contributed by atoms with Crippen molar-refractivity contribution in [3.05, 3.63) is 101 Å². The summed E-state index contributed by atoms with van der Waals surface area (Å²) >= 11 is 0. The van der Waals surface area contributed by atoms with Crippen LogP contribution in [0.1, 0.15) is 28.8 Å². The van der Waals surface area contributed by atoms with Crippen LogP contribution < -0.4 is 19.5 Å². The molecule has 6 rings (SSSR count). The molecule has 4 aromatic rings. The van der Waals surface area contributed by atoms with Crippen LogP contribution in [0.25, 0.3) is 5.70 Å². The van der Waals surface area contributed by atoms with E-state index in [-0.39, 0.29) is 11.9 Å². The highest BCUT2D eigenvalue weighted by molar-refractivity contribution is 5.85. The minimum Gasteiger partial charge on any atom is -0.493 e. The van der Waals surface area contributed by atoms with Gasteiger partial charge >= 0.3 is 0 Å². The lowest BCUT2D eigenvalue weighted by Gasteiger charge is -2.39. The number of para-hydroxylation sites is 1. The molecule has 2 unspecified atom stereocenters. The molecule has 0 fully saturated rings. The van der Waals surface area contributed by atoms with Crippen LogP contribution >= 0.6 is 0 Å². The molecule has 2 atom stereocenters. The third-order valence-corrected chi connectivity index (χ3v) is 6.20. The average Bonchev–Trinajstić information content (AvgIpc) is 3.35. The van der Waals surface area contributed by atoms with E-state index in [0.29, 0.717) is 28.8 Å². The minimum absolute atomic E-state index is 0.324. The van der Waals surface area contributed by atoms with Gasteiger partial charge in [0, 0.05) is 11.1 Å². The molecule has 3 heterocycles. The fourth-order valence-corrected chi connectivity index (χ4v) is 4.71. The summed E-state index contributed by atoms with van der Waals surface area (Å²) in [7, 11) is 3.20. The average molecular weight is 456 g/mol. The third kappa shape index (κ3) is 3.10. The molecule has 0 saturated carbocycles. The second kappa shape index (κ2) is 7.91. The number of benzene rings is 3. The van der Waals surface area contributed by atoms with Gasteiger partial charge in [-0.3, -0.25) is 0 Å². The van der Waals surface area contributed by atoms with E-state index in [1.54, 1.807) is 20.3 Å². The SMILES string of the molecule is COc1ccc(C2C3=C(Nc4ncnn42)c2ccccc2OC3c2cccc(F)c2)cc1OC. The maximum absolute atomic E-state index is 14.3. The second-order valence-corrected chi connectivity index (χ2v) is 8.05. The van der Waals surface area contributed by atoms with E-state index in [0.717, 1.165) is 22.4 Å². The van der Waals surface area contributed by atoms with E-state index in [1.807, 2.05) is 53.2 Å². The maximum atomic E-state index is 14.3. The number of nitrogens with zero attached hydrogens (tertiary/aromatic N) is 3. The molecule has 2 aliphatic heterocycles. The van der Waals surface area contributed by atoms with Crippen molar-refractivity contribution in [3.8, 4) is 17.2 Å². The standard InChI is InChI=1S/C26H21FN4O3/c1-32-20-11-10-15(13-21(20)33-2)24-22-23(30-26-28-14-29-31(24)26)18-8-3-4-9-19(18)34-25(22)16-6-5-7-17(27)12-16/h3-14,24-25H,1-2H3,(H,28,29,30). The number of anilines is 1. The number of hydrogen-bond acceptors (Lipinski definition) is 6. The highest BCUT2D eigenvalue weighted by atomic mass is 19.1. The quantitative estimate of drug-likeness (QED) is 0.466. The van der Waals surface area contributed by atoms with Gasteiger partial charge < -0.3 is 19.5 Å². The fraction of sp³-hybridized carbons (Fsp3) is 0.154. The van der Waals surface area contributed by atoms with Crippen molar-refractivity contribution in [2.75, 3.05) is 19.5 Å². The molecule has 0 spiro atoms. The Morgan fingerprint density at radius 3 is 2.62 bits per heavy atom. The van der Waals surface area contributed by atoms with Crippen LogP contribution in [0, 0.1) is 5.82 Å². The smallest absolute Gasteiger partial charge is 0.226 e. The maximum Gasteiger partial charge on any atom is 0.226 e. The van der Waals surface area contributed by atoms with Gasteiger partial charge in [-0.05, 0) is 47.5 Å². The number of hydrogen-bond donors (Lipinski definition) is 1. The number of rotatable bonds is 4. The molecule has 0 amide bonds. The topological polar surface area (TPSA) is 70.4 Å². The summed E-state index contributed by atoms with van der Waals surface area (Å²) in [6.07, 6.45) is 0.960. The van der Waals surface area contributed by atoms with E-state index in [9.17, 15) is 4.39 Å². The summed E-state index contributed by atoms with van der Waals surface area (Å²) in [5.41, 5.74) is 4.29. The van der Waals surface area contributed by atoms with Gasteiger partial charge in [-0.1, -0.05) is 30.3 Å². The molecule has 2 aliphatic rings. The zero-order valence-electron chi connectivity index (χ0n) is 18.5. The normalized spacial score (nSPS) is 18.2. The van der Waals surface area contributed by atoms with E-state index in [4.69, 9.17) is 14.2 Å². The zero-order valence-corrected chi connectivity index (χ0v) is 18.5. The lowest BCUT2D eigenvalue weighted by atomic mass is 9.84. The summed E-state index contributed by atoms with van der Waals surface area (Å²) < 4.78 is 33.6. The van der Waals surface area contributed by atoms with Crippen LogP contribution in [0.4, 0.5) is 10.3 Å². The predicted molar refractivity (Wildman–Crippen MR) is 124 cm³/mol. The van der Waals surface area contributed by atoms with Crippen molar-refractivity contribution in [2.45, 2.75) is 12.1 Å². The van der Waals surface area contributed by atoms with Crippen molar-refractivity contribution >= 4 is 11.6 Å². The first-order valence-electron chi connectivity index (χ1n) is 10.8. The summed E-state index contributed by atoms with van der Waals surface area (Å²) in [6.45, 7) is 0. The third-order valence-electron chi connectivity index (χ3n) is 6.20. The van der Waals surface area contributed by atoms with Gasteiger partial charge in [0.15, 0.2) is 11.5 Å². The molecule has 0 saturated heterocycles. The van der Waals surface area contributed by atoms with Gasteiger partial charge in [0.05, 0.1) is 19.9 Å². The van der Waals surface area contributed by atoms with E-state index >= 15 is 0 Å². The predicted octanol–water partition coefficient (Wildman–Crippen LogP) is 4.99. The van der Waals surface area contributed by atoms with Crippen molar-refractivity contribution in [1.29, 1.82) is 0 Å². The summed E-state index contributed by atoms with van der Waals surface area (Å²) in [5, 5.41) is 7.95. The van der Waals surface area contributed by atoms with Gasteiger partial charge in [0.25, 0.3) is 0 Å². The van der Waals surface area contributed by atoms with Crippen LogP contribution in [0.3, 0.4) is 0 Å². The summed E-state index contributed by atoms with van der Waals surface area (Å²) in [6, 6.07) is 19.7. The highest BCUT2D eigenvalue weighted by Gasteiger charge is 2.41. The van der Waals surface area contributed by atoms with Crippen LogP contribution in [0.2, 0.25) is 0 Å². The number of ether oxygens (including phenoxy) is 3. The summed E-state index contributed by atoms with van der Waals surface area (Å²) in [4.78, 5) is 4.43. The molecule has 3 aromatic carbocycles. The molecule has 1 N–H and O–H groups in total. The van der Waals surface area contributed by atoms with Crippen LogP contribution in [-0.4, -0.2) is 29.0 Å². The van der Waals surface area contributed by atoms with Gasteiger partial charge in [-0.15, -0.1) is 0 Å². The molecule has 0 aliphatic carbocycles. The van der Waals surface area contributed by atoms with Crippen molar-refractivity contribution in [1.82, 2.24) is 14.8 Å². The van der Waals surface area contributed by atoms with Crippen LogP contribution in [-0.2, 0) is 0 Å². The Kier molecular flexibility index (Phi) is 4.72. The Morgan fingerprint density at radius 2 is 1.79 bits per heavy atom. The largest absolute Gasteiger partial charge is 0.493 e. The van der Waals surface area contributed by atoms with E-state index in [1.165, 1.54) is 18.5 Å². The van der Waals surface area contributed by atoms with Crippen molar-refractivity contribution in [2.24, 2.45) is 0 Å². The lowest BCUT2D eigenvalue weighted by molar-refractivity contribution is 0.222. The van der Waals surface area contributed by atoms with Crippen molar-refractivity contribution < 1.29 is 18.6 Å². The molecule has 8 heteroatoms. The zero-order chi connectivity index (χ0) is 23.2. The Balaban J connectivity index is 1.62. The van der Waals surface area contributed by atoms with Crippen molar-refractivity contribution in [3.63, 3.8) is 0 Å². The molecular weight excluding hydrogens is 435 g/mol. The van der Waals surface area contributed by atoms with Gasteiger partial charge in [-0.2, -0.15) is 10.1 Å². The Hall–Kier alpha value is -4.33. The molecule has 170 valence electrons. The van der Waals surface area contributed by atoms with Crippen LogP contribution in [0.5, 0.6) is 17.2 Å². The molecule has 0 radical (unpaired) electrons. The first-order chi connectivity index (χ1) is 16.7. The van der Waals surface area contributed by atoms with Crippen LogP contribution in [0.15, 0.2) is 78.6 Å². The minimum atomic E-state index is -0.552. The number of nitrogens with one attached hydrogen (secondary N) is 1. The summed E-state index contributed by atoms with van der Waals surface area (Å²) in [5.74, 6) is 2.21. The monoisotopic (exact) mass is 456 g/mol. The Labute approximate surface area is 195 Å². The van der Waals surface area contributed by atoms with Gasteiger partial charge in [-0.25, -0.2) is 9.07 Å². The molecule has 34 heavy (non-hydrogen) atoms. The molecule has 0 bridgehead atoms.